The molecule has 0 bridgehead atoms. The Bertz CT molecular complexity index is 810. The second-order valence-electron chi connectivity index (χ2n) is 7.22. The van der Waals surface area contributed by atoms with E-state index in [1.165, 1.54) is 12.1 Å². The van der Waals surface area contributed by atoms with Gasteiger partial charge in [-0.25, -0.2) is 4.39 Å². The zero-order valence-electron chi connectivity index (χ0n) is 15.4. The van der Waals surface area contributed by atoms with Gasteiger partial charge in [-0.05, 0) is 23.8 Å². The number of rotatable bonds is 6. The summed E-state index contributed by atoms with van der Waals surface area (Å²) in [4.78, 5) is 20.9. The molecule has 144 valence electrons. The van der Waals surface area contributed by atoms with Crippen LogP contribution in [-0.4, -0.2) is 72.7 Å². The number of carbonyl (C=O) groups excluding carboxylic acids is 1. The van der Waals surface area contributed by atoms with Gasteiger partial charge in [-0.15, -0.1) is 0 Å². The predicted molar refractivity (Wildman–Crippen MR) is 101 cm³/mol. The number of halogens is 1. The summed E-state index contributed by atoms with van der Waals surface area (Å²) < 4.78 is 19.2. The maximum Gasteiger partial charge on any atom is 0.224 e. The number of amides is 1. The molecule has 2 aliphatic rings. The molecule has 2 saturated heterocycles. The number of carbonyl (C=O) groups is 1. The van der Waals surface area contributed by atoms with Crippen molar-refractivity contribution in [2.45, 2.75) is 19.0 Å². The van der Waals surface area contributed by atoms with Crippen molar-refractivity contribution in [2.75, 3.05) is 45.9 Å². The minimum atomic E-state index is -0.262. The average molecular weight is 372 g/mol. The topological polar surface area (TPSA) is 57.7 Å². The Kier molecular flexibility index (Phi) is 5.61. The number of benzene rings is 1. The van der Waals surface area contributed by atoms with Gasteiger partial charge in [0.15, 0.2) is 0 Å². The summed E-state index contributed by atoms with van der Waals surface area (Å²) in [5.41, 5.74) is 1.63. The van der Waals surface area contributed by atoms with E-state index in [2.05, 4.69) is 15.2 Å². The van der Waals surface area contributed by atoms with Crippen molar-refractivity contribution in [3.05, 3.63) is 41.8 Å². The van der Waals surface area contributed by atoms with Crippen LogP contribution < -0.4 is 5.32 Å². The van der Waals surface area contributed by atoms with Crippen LogP contribution in [0.15, 0.2) is 30.5 Å². The highest BCUT2D eigenvalue weighted by atomic mass is 19.1. The highest BCUT2D eigenvalue weighted by Gasteiger charge is 2.29. The SMILES string of the molecule is O=C1CC(NCc2cc(F)cc3cccnc23)CN1CCN1CCOCC1. The molecule has 0 aliphatic carbocycles. The Morgan fingerprint density at radius 2 is 2.11 bits per heavy atom. The maximum absolute atomic E-state index is 13.9. The number of hydrogen-bond donors (Lipinski definition) is 1. The molecular weight excluding hydrogens is 347 g/mol. The third-order valence-corrected chi connectivity index (χ3v) is 5.33. The fourth-order valence-corrected chi connectivity index (χ4v) is 3.83. The van der Waals surface area contributed by atoms with Gasteiger partial charge in [-0.3, -0.25) is 14.7 Å². The Hall–Kier alpha value is -2.09. The number of likely N-dealkylation sites (tertiary alicyclic amines) is 1. The monoisotopic (exact) mass is 372 g/mol. The highest BCUT2D eigenvalue weighted by Crippen LogP contribution is 2.19. The van der Waals surface area contributed by atoms with Crippen LogP contribution in [0.25, 0.3) is 10.9 Å². The zero-order valence-corrected chi connectivity index (χ0v) is 15.4. The van der Waals surface area contributed by atoms with Crippen LogP contribution >= 0.6 is 0 Å². The smallest absolute Gasteiger partial charge is 0.224 e. The lowest BCUT2D eigenvalue weighted by Gasteiger charge is -2.28. The van der Waals surface area contributed by atoms with Gasteiger partial charge in [0.05, 0.1) is 18.7 Å². The largest absolute Gasteiger partial charge is 0.379 e. The molecule has 0 radical (unpaired) electrons. The lowest BCUT2D eigenvalue weighted by molar-refractivity contribution is -0.128. The van der Waals surface area contributed by atoms with Crippen molar-refractivity contribution in [2.24, 2.45) is 0 Å². The van der Waals surface area contributed by atoms with Crippen molar-refractivity contribution in [3.8, 4) is 0 Å². The number of pyridine rings is 1. The first kappa shape index (κ1) is 18.3. The first-order chi connectivity index (χ1) is 13.2. The Morgan fingerprint density at radius 1 is 1.26 bits per heavy atom. The van der Waals surface area contributed by atoms with E-state index >= 15 is 0 Å². The van der Waals surface area contributed by atoms with Crippen molar-refractivity contribution in [3.63, 3.8) is 0 Å². The summed E-state index contributed by atoms with van der Waals surface area (Å²) >= 11 is 0. The van der Waals surface area contributed by atoms with Gasteiger partial charge in [0.2, 0.25) is 5.91 Å². The molecule has 2 aliphatic heterocycles. The second kappa shape index (κ2) is 8.29. The summed E-state index contributed by atoms with van der Waals surface area (Å²) in [6.45, 7) is 6.25. The first-order valence-corrected chi connectivity index (χ1v) is 9.53. The molecule has 27 heavy (non-hydrogen) atoms. The van der Waals surface area contributed by atoms with E-state index < -0.39 is 0 Å². The van der Waals surface area contributed by atoms with Crippen molar-refractivity contribution in [1.82, 2.24) is 20.1 Å². The lowest BCUT2D eigenvalue weighted by Crippen LogP contribution is -2.42. The number of fused-ring (bicyclic) bond motifs is 1. The van der Waals surface area contributed by atoms with E-state index in [-0.39, 0.29) is 17.8 Å². The molecule has 1 aromatic carbocycles. The molecule has 7 heteroatoms. The molecule has 3 heterocycles. The molecule has 1 N–H and O–H groups in total. The van der Waals surface area contributed by atoms with E-state index in [1.807, 2.05) is 11.0 Å². The molecule has 0 saturated carbocycles. The highest BCUT2D eigenvalue weighted by molar-refractivity contribution is 5.82. The van der Waals surface area contributed by atoms with Gasteiger partial charge in [0, 0.05) is 63.3 Å². The van der Waals surface area contributed by atoms with E-state index in [0.717, 1.165) is 55.9 Å². The van der Waals surface area contributed by atoms with Crippen molar-refractivity contribution < 1.29 is 13.9 Å². The molecule has 1 unspecified atom stereocenters. The van der Waals surface area contributed by atoms with Gasteiger partial charge in [-0.2, -0.15) is 0 Å². The van der Waals surface area contributed by atoms with E-state index in [0.29, 0.717) is 19.5 Å². The van der Waals surface area contributed by atoms with E-state index in [9.17, 15) is 9.18 Å². The number of nitrogens with zero attached hydrogens (tertiary/aromatic N) is 3. The molecular formula is C20H25FN4O2. The Morgan fingerprint density at radius 3 is 2.96 bits per heavy atom. The van der Waals surface area contributed by atoms with Crippen LogP contribution in [0.5, 0.6) is 0 Å². The number of aromatic nitrogens is 1. The van der Waals surface area contributed by atoms with Crippen LogP contribution in [-0.2, 0) is 16.1 Å². The predicted octanol–water partition coefficient (Wildman–Crippen LogP) is 1.40. The maximum atomic E-state index is 13.9. The van der Waals surface area contributed by atoms with Crippen LogP contribution in [0.4, 0.5) is 4.39 Å². The molecule has 1 aromatic heterocycles. The molecule has 1 amide bonds. The van der Waals surface area contributed by atoms with E-state index in [4.69, 9.17) is 4.74 Å². The number of hydrogen-bond acceptors (Lipinski definition) is 5. The van der Waals surface area contributed by atoms with Crippen molar-refractivity contribution >= 4 is 16.8 Å². The summed E-state index contributed by atoms with van der Waals surface area (Å²) in [6.07, 6.45) is 2.21. The van der Waals surface area contributed by atoms with Crippen LogP contribution in [0.2, 0.25) is 0 Å². The minimum Gasteiger partial charge on any atom is -0.379 e. The number of morpholine rings is 1. The minimum absolute atomic E-state index is 0.0872. The average Bonchev–Trinajstić information content (AvgIpc) is 3.05. The van der Waals surface area contributed by atoms with Crippen LogP contribution in [0, 0.1) is 5.82 Å². The summed E-state index contributed by atoms with van der Waals surface area (Å²) in [6, 6.07) is 6.78. The molecule has 1 atom stereocenters. The van der Waals surface area contributed by atoms with E-state index in [1.54, 1.807) is 12.3 Å². The fraction of sp³-hybridized carbons (Fsp3) is 0.500. The van der Waals surface area contributed by atoms with Crippen LogP contribution in [0.1, 0.15) is 12.0 Å². The van der Waals surface area contributed by atoms with Crippen molar-refractivity contribution in [1.29, 1.82) is 0 Å². The molecule has 4 rings (SSSR count). The van der Waals surface area contributed by atoms with Crippen LogP contribution in [0.3, 0.4) is 0 Å². The quantitative estimate of drug-likeness (QED) is 0.831. The molecule has 0 spiro atoms. The van der Waals surface area contributed by atoms with Gasteiger partial charge in [0.1, 0.15) is 5.82 Å². The van der Waals surface area contributed by atoms with Gasteiger partial charge < -0.3 is 15.0 Å². The standard InChI is InChI=1S/C20H25FN4O2/c21-17-10-15-2-1-3-22-20(15)16(11-17)13-23-18-12-19(26)25(14-18)5-4-24-6-8-27-9-7-24/h1-3,10-11,18,23H,4-9,12-14H2. The summed E-state index contributed by atoms with van der Waals surface area (Å²) in [7, 11) is 0. The lowest BCUT2D eigenvalue weighted by atomic mass is 10.1. The third-order valence-electron chi connectivity index (χ3n) is 5.33. The molecule has 2 aromatic rings. The molecule has 6 nitrogen and oxygen atoms in total. The zero-order chi connectivity index (χ0) is 18.6. The third kappa shape index (κ3) is 4.43. The number of ether oxygens (including phenoxy) is 1. The second-order valence-corrected chi connectivity index (χ2v) is 7.22. The Balaban J connectivity index is 1.32. The van der Waals surface area contributed by atoms with Gasteiger partial charge in [-0.1, -0.05) is 6.07 Å². The Labute approximate surface area is 158 Å². The number of nitrogens with one attached hydrogen (secondary N) is 1. The summed E-state index contributed by atoms with van der Waals surface area (Å²) in [5, 5.41) is 4.21. The van der Waals surface area contributed by atoms with Gasteiger partial charge >= 0.3 is 0 Å². The first-order valence-electron chi connectivity index (χ1n) is 9.53. The van der Waals surface area contributed by atoms with Gasteiger partial charge in [0.25, 0.3) is 0 Å². The normalized spacial score (nSPS) is 21.3. The molecule has 2 fully saturated rings. The summed E-state index contributed by atoms with van der Waals surface area (Å²) in [5.74, 6) is -0.0788. The fourth-order valence-electron chi connectivity index (χ4n) is 3.83.